The Morgan fingerprint density at radius 2 is 1.92 bits per heavy atom. The zero-order valence-corrected chi connectivity index (χ0v) is 23.9. The third kappa shape index (κ3) is 7.29. The monoisotopic (exact) mass is 561 g/mol. The predicted molar refractivity (Wildman–Crippen MR) is 147 cm³/mol. The van der Waals surface area contributed by atoms with Crippen LogP contribution in [0.3, 0.4) is 0 Å². The van der Waals surface area contributed by atoms with Gasteiger partial charge in [0.25, 0.3) is 0 Å². The van der Waals surface area contributed by atoms with Crippen molar-refractivity contribution in [3.63, 3.8) is 0 Å². The summed E-state index contributed by atoms with van der Waals surface area (Å²) >= 11 is 1.51. The van der Waals surface area contributed by atoms with Gasteiger partial charge in [0.15, 0.2) is 0 Å². The quantitative estimate of drug-likeness (QED) is 0.303. The number of ether oxygens (including phenoxy) is 1. The lowest BCUT2D eigenvalue weighted by atomic mass is 9.86. The van der Waals surface area contributed by atoms with Crippen molar-refractivity contribution in [2.24, 2.45) is 0 Å². The summed E-state index contributed by atoms with van der Waals surface area (Å²) in [6.45, 7) is 9.07. The minimum absolute atomic E-state index is 0.0848. The van der Waals surface area contributed by atoms with Crippen LogP contribution in [0.5, 0.6) is 0 Å². The van der Waals surface area contributed by atoms with Gasteiger partial charge in [-0.1, -0.05) is 6.07 Å². The molecule has 2 aromatic heterocycles. The SMILES string of the molecule is CC(C)OC(=O)N[C@H]1CC[C@H](c2ncc(-c3ccc(Nc4nnc[nH]4)cc3S(=O)(=O)NC(C)(C)C)s2)CC1. The molecule has 0 atom stereocenters. The average molecular weight is 562 g/mol. The van der Waals surface area contributed by atoms with Gasteiger partial charge in [0, 0.05) is 34.9 Å². The fourth-order valence-electron chi connectivity index (χ4n) is 4.39. The van der Waals surface area contributed by atoms with Crippen molar-refractivity contribution < 1.29 is 17.9 Å². The third-order valence-corrected chi connectivity index (χ3v) is 8.91. The molecule has 13 heteroatoms. The molecule has 0 aliphatic heterocycles. The van der Waals surface area contributed by atoms with E-state index in [9.17, 15) is 13.2 Å². The topological polar surface area (TPSA) is 151 Å². The van der Waals surface area contributed by atoms with Crippen LogP contribution in [0.1, 0.15) is 71.2 Å². The first kappa shape index (κ1) is 28.0. The smallest absolute Gasteiger partial charge is 0.407 e. The lowest BCUT2D eigenvalue weighted by Gasteiger charge is -2.28. The van der Waals surface area contributed by atoms with Crippen LogP contribution >= 0.6 is 11.3 Å². The first-order valence-corrected chi connectivity index (χ1v) is 14.9. The summed E-state index contributed by atoms with van der Waals surface area (Å²) in [6, 6.07) is 5.27. The molecule has 38 heavy (non-hydrogen) atoms. The molecule has 4 N–H and O–H groups in total. The number of hydrogen-bond donors (Lipinski definition) is 4. The van der Waals surface area contributed by atoms with E-state index in [0.717, 1.165) is 35.6 Å². The molecule has 3 aromatic rings. The van der Waals surface area contributed by atoms with E-state index >= 15 is 0 Å². The number of rotatable bonds is 8. The van der Waals surface area contributed by atoms with E-state index in [0.29, 0.717) is 17.2 Å². The molecule has 0 bridgehead atoms. The van der Waals surface area contributed by atoms with Gasteiger partial charge >= 0.3 is 6.09 Å². The minimum atomic E-state index is -3.85. The fourth-order valence-corrected chi connectivity index (χ4v) is 7.24. The second-order valence-electron chi connectivity index (χ2n) is 10.7. The number of hydrogen-bond acceptors (Lipinski definition) is 9. The lowest BCUT2D eigenvalue weighted by Crippen LogP contribution is -2.40. The van der Waals surface area contributed by atoms with Crippen molar-refractivity contribution in [1.82, 2.24) is 30.2 Å². The van der Waals surface area contributed by atoms with Crippen molar-refractivity contribution in [1.29, 1.82) is 0 Å². The highest BCUT2D eigenvalue weighted by Crippen LogP contribution is 2.40. The van der Waals surface area contributed by atoms with Gasteiger partial charge in [0.05, 0.1) is 20.9 Å². The Balaban J connectivity index is 1.54. The number of H-pyrrole nitrogens is 1. The highest BCUT2D eigenvalue weighted by Gasteiger charge is 2.29. The van der Waals surface area contributed by atoms with Crippen molar-refractivity contribution in [2.45, 2.75) is 88.8 Å². The van der Waals surface area contributed by atoms with Crippen LogP contribution < -0.4 is 15.4 Å². The van der Waals surface area contributed by atoms with Crippen LogP contribution in [-0.4, -0.2) is 52.4 Å². The Kier molecular flexibility index (Phi) is 8.38. The average Bonchev–Trinajstić information content (AvgIpc) is 3.50. The van der Waals surface area contributed by atoms with Gasteiger partial charge in [-0.2, -0.15) is 0 Å². The fraction of sp³-hybridized carbons (Fsp3) is 0.520. The Morgan fingerprint density at radius 1 is 1.18 bits per heavy atom. The van der Waals surface area contributed by atoms with Crippen LogP contribution in [0.25, 0.3) is 10.4 Å². The summed E-state index contributed by atoms with van der Waals surface area (Å²) in [7, 11) is -3.85. The van der Waals surface area contributed by atoms with Crippen LogP contribution in [0.2, 0.25) is 0 Å². The molecule has 206 valence electrons. The Labute approximate surface area is 227 Å². The van der Waals surface area contributed by atoms with Crippen LogP contribution in [0.4, 0.5) is 16.4 Å². The van der Waals surface area contributed by atoms with Gasteiger partial charge in [-0.3, -0.25) is 0 Å². The van der Waals surface area contributed by atoms with Gasteiger partial charge in [-0.15, -0.1) is 21.5 Å². The summed E-state index contributed by atoms with van der Waals surface area (Å²) < 4.78 is 34.9. The Morgan fingerprint density at radius 3 is 2.55 bits per heavy atom. The number of benzene rings is 1. The highest BCUT2D eigenvalue weighted by atomic mass is 32.2. The summed E-state index contributed by atoms with van der Waals surface area (Å²) in [4.78, 5) is 20.4. The number of sulfonamides is 1. The van der Waals surface area contributed by atoms with E-state index < -0.39 is 15.6 Å². The molecule has 2 heterocycles. The van der Waals surface area contributed by atoms with E-state index in [1.54, 1.807) is 45.2 Å². The van der Waals surface area contributed by atoms with Crippen LogP contribution in [0, 0.1) is 0 Å². The molecule has 0 saturated heterocycles. The molecule has 1 aliphatic rings. The van der Waals surface area contributed by atoms with E-state index in [1.807, 2.05) is 13.8 Å². The second-order valence-corrected chi connectivity index (χ2v) is 13.5. The predicted octanol–water partition coefficient (Wildman–Crippen LogP) is 4.91. The Bertz CT molecular complexity index is 1340. The maximum atomic E-state index is 13.5. The van der Waals surface area contributed by atoms with Crippen LogP contribution in [-0.2, 0) is 14.8 Å². The summed E-state index contributed by atoms with van der Waals surface area (Å²) in [5.74, 6) is 0.667. The minimum Gasteiger partial charge on any atom is -0.447 e. The van der Waals surface area contributed by atoms with Crippen molar-refractivity contribution in [2.75, 3.05) is 5.32 Å². The molecule has 1 saturated carbocycles. The number of aromatic amines is 1. The lowest BCUT2D eigenvalue weighted by molar-refractivity contribution is 0.109. The molecule has 0 spiro atoms. The zero-order valence-electron chi connectivity index (χ0n) is 22.2. The molecule has 1 aromatic carbocycles. The molecule has 11 nitrogen and oxygen atoms in total. The Hall–Kier alpha value is -3.03. The van der Waals surface area contributed by atoms with Gasteiger partial charge in [0.2, 0.25) is 16.0 Å². The molecular weight excluding hydrogens is 526 g/mol. The summed E-state index contributed by atoms with van der Waals surface area (Å²) in [6.07, 6.45) is 6.10. The number of aromatic nitrogens is 4. The molecule has 1 aliphatic carbocycles. The number of nitrogens with one attached hydrogen (secondary N) is 4. The molecule has 0 unspecified atom stereocenters. The number of carbonyl (C=O) groups is 1. The maximum absolute atomic E-state index is 13.5. The van der Waals surface area contributed by atoms with Gasteiger partial charge < -0.3 is 20.4 Å². The molecule has 1 fully saturated rings. The summed E-state index contributed by atoms with van der Waals surface area (Å²) in [5.41, 5.74) is 0.490. The zero-order chi connectivity index (χ0) is 27.5. The third-order valence-electron chi connectivity index (χ3n) is 5.92. The van der Waals surface area contributed by atoms with Gasteiger partial charge in [-0.25, -0.2) is 22.9 Å². The number of anilines is 2. The van der Waals surface area contributed by atoms with Gasteiger partial charge in [-0.05, 0) is 72.4 Å². The normalized spacial score (nSPS) is 18.4. The number of thiazole rings is 1. The molecule has 4 rings (SSSR count). The summed E-state index contributed by atoms with van der Waals surface area (Å²) in [5, 5.41) is 14.6. The highest BCUT2D eigenvalue weighted by molar-refractivity contribution is 7.89. The van der Waals surface area contributed by atoms with E-state index in [1.165, 1.54) is 17.7 Å². The first-order chi connectivity index (χ1) is 17.9. The largest absolute Gasteiger partial charge is 0.447 e. The van der Waals surface area contributed by atoms with Crippen LogP contribution in [0.15, 0.2) is 35.6 Å². The number of alkyl carbamates (subject to hydrolysis) is 1. The second kappa shape index (κ2) is 11.4. The van der Waals surface area contributed by atoms with Crippen molar-refractivity contribution >= 4 is 39.1 Å². The molecule has 0 radical (unpaired) electrons. The number of carbonyl (C=O) groups excluding carboxylic acids is 1. The van der Waals surface area contributed by atoms with E-state index in [2.05, 4.69) is 35.5 Å². The molecular formula is C25H35N7O4S2. The number of nitrogens with zero attached hydrogens (tertiary/aromatic N) is 3. The van der Waals surface area contributed by atoms with E-state index in [-0.39, 0.29) is 29.1 Å². The maximum Gasteiger partial charge on any atom is 0.407 e. The first-order valence-electron chi connectivity index (χ1n) is 12.6. The van der Waals surface area contributed by atoms with Gasteiger partial charge in [0.1, 0.15) is 6.33 Å². The number of amides is 1. The van der Waals surface area contributed by atoms with Crippen molar-refractivity contribution in [3.05, 3.63) is 35.7 Å². The standard InChI is InChI=1S/C25H35N7O4S2/c1-15(2)36-24(33)30-17-8-6-16(7-9-17)22-26-13-20(37-22)19-11-10-18(29-23-27-14-28-31-23)12-21(19)38(34,35)32-25(3,4)5/h10-17,32H,6-9H2,1-5H3,(H,30,33)(H2,27,28,29,31)/t16-,17-. The van der Waals surface area contributed by atoms with E-state index in [4.69, 9.17) is 4.74 Å². The molecule has 1 amide bonds. The van der Waals surface area contributed by atoms with Crippen molar-refractivity contribution in [3.8, 4) is 10.4 Å².